The molecule has 6 heteroatoms. The molecule has 0 spiro atoms. The number of aliphatic hydroxyl groups is 2. The van der Waals surface area contributed by atoms with E-state index in [9.17, 15) is 15.0 Å². The fourth-order valence-corrected chi connectivity index (χ4v) is 4.34. The van der Waals surface area contributed by atoms with Crippen LogP contribution in [-0.2, 0) is 16.8 Å². The van der Waals surface area contributed by atoms with E-state index in [4.69, 9.17) is 9.47 Å². The van der Waals surface area contributed by atoms with Crippen LogP contribution in [0.15, 0.2) is 42.5 Å². The topological polar surface area (TPSA) is 79.2 Å². The molecule has 0 aromatic heterocycles. The van der Waals surface area contributed by atoms with Gasteiger partial charge >= 0.3 is 0 Å². The van der Waals surface area contributed by atoms with E-state index in [1.165, 1.54) is 0 Å². The molecule has 136 valence electrons. The number of hydrogen-bond donors (Lipinski definition) is 2. The summed E-state index contributed by atoms with van der Waals surface area (Å²) in [7, 11) is 3.12. The molecule has 26 heavy (non-hydrogen) atoms. The Labute approximate surface area is 151 Å². The Kier molecular flexibility index (Phi) is 3.89. The minimum atomic E-state index is -1.46. The van der Waals surface area contributed by atoms with Crippen molar-refractivity contribution in [3.63, 3.8) is 0 Å². The van der Waals surface area contributed by atoms with Gasteiger partial charge in [0.1, 0.15) is 11.6 Å². The van der Waals surface area contributed by atoms with Crippen molar-refractivity contribution in [1.29, 1.82) is 0 Å². The molecular formula is C20H21NO5. The summed E-state index contributed by atoms with van der Waals surface area (Å²) in [6, 6.07) is 13.0. The minimum Gasteiger partial charge on any atom is -0.493 e. The molecule has 0 saturated carbocycles. The Morgan fingerprint density at radius 3 is 2.38 bits per heavy atom. The third kappa shape index (κ3) is 2.03. The number of nitrogens with zero attached hydrogens (tertiary/aromatic N) is 1. The number of benzene rings is 2. The van der Waals surface area contributed by atoms with E-state index in [-0.39, 0.29) is 0 Å². The van der Waals surface area contributed by atoms with Gasteiger partial charge in [0.2, 0.25) is 0 Å². The van der Waals surface area contributed by atoms with Gasteiger partial charge in [-0.2, -0.15) is 0 Å². The van der Waals surface area contributed by atoms with Gasteiger partial charge in [-0.05, 0) is 35.2 Å². The number of fused-ring (bicyclic) bond motifs is 3. The monoisotopic (exact) mass is 355 g/mol. The van der Waals surface area contributed by atoms with Crippen molar-refractivity contribution < 1.29 is 24.5 Å². The highest BCUT2D eigenvalue weighted by atomic mass is 16.5. The number of ether oxygens (including phenoxy) is 2. The van der Waals surface area contributed by atoms with Gasteiger partial charge in [-0.3, -0.25) is 4.79 Å². The molecule has 2 aliphatic heterocycles. The van der Waals surface area contributed by atoms with Crippen LogP contribution in [0.4, 0.5) is 0 Å². The maximum absolute atomic E-state index is 12.7. The molecule has 0 radical (unpaired) electrons. The predicted octanol–water partition coefficient (Wildman–Crippen LogP) is 1.07. The first kappa shape index (κ1) is 16.9. The predicted molar refractivity (Wildman–Crippen MR) is 94.2 cm³/mol. The molecule has 1 saturated heterocycles. The molecule has 2 aromatic rings. The van der Waals surface area contributed by atoms with Crippen molar-refractivity contribution in [2.75, 3.05) is 20.8 Å². The van der Waals surface area contributed by atoms with Crippen molar-refractivity contribution in [2.24, 2.45) is 0 Å². The van der Waals surface area contributed by atoms with Gasteiger partial charge in [0.05, 0.1) is 14.2 Å². The number of aliphatic hydroxyl groups excluding tert-OH is 2. The van der Waals surface area contributed by atoms with Crippen molar-refractivity contribution in [3.05, 3.63) is 59.2 Å². The van der Waals surface area contributed by atoms with Crippen molar-refractivity contribution in [1.82, 2.24) is 4.90 Å². The average Bonchev–Trinajstić information content (AvgIpc) is 2.89. The molecule has 3 atom stereocenters. The third-order valence-corrected chi connectivity index (χ3v) is 5.51. The van der Waals surface area contributed by atoms with Gasteiger partial charge in [-0.25, -0.2) is 0 Å². The first-order chi connectivity index (χ1) is 12.6. The normalized spacial score (nSPS) is 27.1. The zero-order chi connectivity index (χ0) is 18.5. The second-order valence-electron chi connectivity index (χ2n) is 6.63. The van der Waals surface area contributed by atoms with Gasteiger partial charge in [-0.1, -0.05) is 30.3 Å². The highest BCUT2D eigenvalue weighted by molar-refractivity contribution is 5.88. The first-order valence-corrected chi connectivity index (χ1v) is 8.54. The summed E-state index contributed by atoms with van der Waals surface area (Å²) in [6.07, 6.45) is -2.14. The zero-order valence-corrected chi connectivity index (χ0v) is 14.7. The van der Waals surface area contributed by atoms with E-state index in [0.717, 1.165) is 16.7 Å². The lowest BCUT2D eigenvalue weighted by Crippen LogP contribution is -2.53. The Hall–Kier alpha value is -2.57. The quantitative estimate of drug-likeness (QED) is 0.861. The van der Waals surface area contributed by atoms with E-state index >= 15 is 0 Å². The molecule has 6 nitrogen and oxygen atoms in total. The molecule has 1 fully saturated rings. The third-order valence-electron chi connectivity index (χ3n) is 5.51. The number of carbonyl (C=O) groups is 1. The highest BCUT2D eigenvalue weighted by Crippen LogP contribution is 2.51. The molecule has 0 aliphatic carbocycles. The Balaban J connectivity index is 2.05. The molecule has 2 N–H and O–H groups in total. The fraction of sp³-hybridized carbons (Fsp3) is 0.350. The Morgan fingerprint density at radius 2 is 1.73 bits per heavy atom. The summed E-state index contributed by atoms with van der Waals surface area (Å²) in [5.41, 5.74) is 1.32. The summed E-state index contributed by atoms with van der Waals surface area (Å²) in [6.45, 7) is 0.407. The first-order valence-electron chi connectivity index (χ1n) is 8.54. The van der Waals surface area contributed by atoms with Crippen LogP contribution in [0.3, 0.4) is 0 Å². The van der Waals surface area contributed by atoms with Gasteiger partial charge in [-0.15, -0.1) is 0 Å². The summed E-state index contributed by atoms with van der Waals surface area (Å²) >= 11 is 0. The number of carbonyl (C=O) groups excluding carboxylic acids is 1. The summed E-state index contributed by atoms with van der Waals surface area (Å²) in [5, 5.41) is 21.4. The summed E-state index contributed by atoms with van der Waals surface area (Å²) < 4.78 is 10.9. The maximum Gasteiger partial charge on any atom is 0.255 e. The van der Waals surface area contributed by atoms with Crippen LogP contribution in [0.2, 0.25) is 0 Å². The molecule has 1 amide bonds. The number of rotatable bonds is 3. The minimum absolute atomic E-state index is 0.407. The standard InChI is InChI=1S/C20H21NO5/c1-25-15-10-12-8-9-21-19(24)17(22)18(23)20(21,13-6-4-3-5-7-13)14(12)11-16(15)26-2/h3-7,10-11,17-18,22-23H,8-9H2,1-2H3/t17-,18-,20+/m1/s1. The van der Waals surface area contributed by atoms with Gasteiger partial charge in [0, 0.05) is 6.54 Å². The van der Waals surface area contributed by atoms with Crippen LogP contribution >= 0.6 is 0 Å². The van der Waals surface area contributed by atoms with E-state index in [1.54, 1.807) is 19.1 Å². The molecule has 0 unspecified atom stereocenters. The molecular weight excluding hydrogens is 334 g/mol. The number of methoxy groups -OCH3 is 2. The highest BCUT2D eigenvalue weighted by Gasteiger charge is 2.61. The molecule has 2 aliphatic rings. The van der Waals surface area contributed by atoms with E-state index in [2.05, 4.69) is 0 Å². The molecule has 4 rings (SSSR count). The smallest absolute Gasteiger partial charge is 0.255 e. The van der Waals surface area contributed by atoms with Crippen LogP contribution < -0.4 is 9.47 Å². The van der Waals surface area contributed by atoms with Crippen LogP contribution in [0.5, 0.6) is 11.5 Å². The average molecular weight is 355 g/mol. The maximum atomic E-state index is 12.7. The number of amides is 1. The van der Waals surface area contributed by atoms with Gasteiger partial charge in [0.15, 0.2) is 17.6 Å². The molecule has 2 heterocycles. The summed E-state index contributed by atoms with van der Waals surface area (Å²) in [4.78, 5) is 14.3. The lowest BCUT2D eigenvalue weighted by Gasteiger charge is -2.45. The van der Waals surface area contributed by atoms with Crippen molar-refractivity contribution >= 4 is 5.91 Å². The second kappa shape index (κ2) is 6.00. The van der Waals surface area contributed by atoms with Gasteiger partial charge in [0.25, 0.3) is 5.91 Å². The SMILES string of the molecule is COc1cc2c(cc1OC)[C@@]1(c3ccccc3)[C@H](O)[C@@H](O)C(=O)N1CC2. The molecule has 2 aromatic carbocycles. The van der Waals surface area contributed by atoms with E-state index < -0.39 is 23.7 Å². The molecule has 0 bridgehead atoms. The Bertz CT molecular complexity index is 853. The largest absolute Gasteiger partial charge is 0.493 e. The van der Waals surface area contributed by atoms with Gasteiger partial charge < -0.3 is 24.6 Å². The number of hydrogen-bond acceptors (Lipinski definition) is 5. The van der Waals surface area contributed by atoms with Crippen LogP contribution in [0.25, 0.3) is 0 Å². The summed E-state index contributed by atoms with van der Waals surface area (Å²) in [5.74, 6) is 0.661. The van der Waals surface area contributed by atoms with Crippen molar-refractivity contribution in [2.45, 2.75) is 24.2 Å². The van der Waals surface area contributed by atoms with Crippen molar-refractivity contribution in [3.8, 4) is 11.5 Å². The zero-order valence-electron chi connectivity index (χ0n) is 14.7. The van der Waals surface area contributed by atoms with E-state index in [0.29, 0.717) is 24.5 Å². The van der Waals surface area contributed by atoms with E-state index in [1.807, 2.05) is 42.5 Å². The van der Waals surface area contributed by atoms with Crippen LogP contribution in [0, 0.1) is 0 Å². The van der Waals surface area contributed by atoms with Crippen LogP contribution in [-0.4, -0.2) is 54.0 Å². The Morgan fingerprint density at radius 1 is 1.08 bits per heavy atom. The lowest BCUT2D eigenvalue weighted by atomic mass is 9.73. The lowest BCUT2D eigenvalue weighted by molar-refractivity contribution is -0.137. The fourth-order valence-electron chi connectivity index (χ4n) is 4.34. The van der Waals surface area contributed by atoms with Crippen LogP contribution in [0.1, 0.15) is 16.7 Å². The second-order valence-corrected chi connectivity index (χ2v) is 6.63.